The van der Waals surface area contributed by atoms with Crippen LogP contribution in [0.4, 0.5) is 0 Å². The van der Waals surface area contributed by atoms with E-state index in [0.29, 0.717) is 43.2 Å². The fourth-order valence-corrected chi connectivity index (χ4v) is 4.96. The standard InChI is InChI=1S/C28H28N6O5/c1-3-24(27-30-31-32-34(27)16-22-5-4-10-37-22)33(14-18-6-9-25-26(11-18)39-17-38-25)15-20-12-19-13-21(36-2)7-8-23(19)29-28(20)35/h4-13,24H,3,14-17H2,1-2H3,(H,29,35). The Morgan fingerprint density at radius 1 is 1.10 bits per heavy atom. The number of aromatic amines is 1. The molecule has 39 heavy (non-hydrogen) atoms. The molecule has 1 atom stereocenters. The number of tetrazole rings is 1. The van der Waals surface area contributed by atoms with Gasteiger partial charge >= 0.3 is 0 Å². The van der Waals surface area contributed by atoms with Gasteiger partial charge in [0.15, 0.2) is 17.3 Å². The Hall–Kier alpha value is -4.64. The molecule has 1 aliphatic heterocycles. The summed E-state index contributed by atoms with van der Waals surface area (Å²) in [5.41, 5.74) is 2.25. The van der Waals surface area contributed by atoms with E-state index in [1.165, 1.54) is 0 Å². The van der Waals surface area contributed by atoms with Crippen molar-refractivity contribution in [3.8, 4) is 17.2 Å². The lowest BCUT2D eigenvalue weighted by atomic mass is 10.1. The van der Waals surface area contributed by atoms with Crippen LogP contribution < -0.4 is 19.8 Å². The molecule has 0 aliphatic carbocycles. The number of furan rings is 1. The van der Waals surface area contributed by atoms with Crippen molar-refractivity contribution < 1.29 is 18.6 Å². The number of hydrogen-bond acceptors (Lipinski definition) is 9. The summed E-state index contributed by atoms with van der Waals surface area (Å²) in [6.07, 6.45) is 2.34. The number of rotatable bonds is 10. The molecule has 0 saturated carbocycles. The monoisotopic (exact) mass is 528 g/mol. The summed E-state index contributed by atoms with van der Waals surface area (Å²) in [7, 11) is 1.62. The van der Waals surface area contributed by atoms with Crippen molar-refractivity contribution in [3.05, 3.63) is 93.9 Å². The molecule has 11 heteroatoms. The van der Waals surface area contributed by atoms with E-state index in [2.05, 4.69) is 32.3 Å². The first-order valence-corrected chi connectivity index (χ1v) is 12.7. The lowest BCUT2D eigenvalue weighted by Crippen LogP contribution is -2.32. The zero-order chi connectivity index (χ0) is 26.8. The number of benzene rings is 2. The fraction of sp³-hybridized carbons (Fsp3) is 0.286. The van der Waals surface area contributed by atoms with Crippen LogP contribution >= 0.6 is 0 Å². The lowest BCUT2D eigenvalue weighted by Gasteiger charge is -2.30. The fourth-order valence-electron chi connectivity index (χ4n) is 4.96. The maximum atomic E-state index is 13.2. The van der Waals surface area contributed by atoms with E-state index in [1.807, 2.05) is 54.6 Å². The van der Waals surface area contributed by atoms with Gasteiger partial charge in [0.25, 0.3) is 5.56 Å². The molecule has 3 aromatic heterocycles. The molecule has 2 aromatic carbocycles. The quantitative estimate of drug-likeness (QED) is 0.286. The molecular weight excluding hydrogens is 500 g/mol. The molecule has 11 nitrogen and oxygen atoms in total. The van der Waals surface area contributed by atoms with Crippen LogP contribution in [0.1, 0.15) is 42.1 Å². The highest BCUT2D eigenvalue weighted by molar-refractivity contribution is 5.80. The predicted octanol–water partition coefficient (Wildman–Crippen LogP) is 4.05. The third-order valence-electron chi connectivity index (χ3n) is 6.90. The minimum Gasteiger partial charge on any atom is -0.497 e. The molecule has 0 saturated heterocycles. The molecule has 1 N–H and O–H groups in total. The molecule has 0 amide bonds. The van der Waals surface area contributed by atoms with Crippen LogP contribution in [0, 0.1) is 0 Å². The second-order valence-electron chi connectivity index (χ2n) is 9.37. The summed E-state index contributed by atoms with van der Waals surface area (Å²) in [6.45, 7) is 3.58. The van der Waals surface area contributed by atoms with Crippen molar-refractivity contribution >= 4 is 10.9 Å². The Bertz CT molecular complexity index is 1640. The van der Waals surface area contributed by atoms with Crippen molar-refractivity contribution in [2.75, 3.05) is 13.9 Å². The van der Waals surface area contributed by atoms with Gasteiger partial charge in [0.05, 0.1) is 19.4 Å². The van der Waals surface area contributed by atoms with Gasteiger partial charge in [0.1, 0.15) is 18.1 Å². The van der Waals surface area contributed by atoms with E-state index in [1.54, 1.807) is 18.1 Å². The highest BCUT2D eigenvalue weighted by atomic mass is 16.7. The first kappa shape index (κ1) is 24.7. The Labute approximate surface area is 223 Å². The number of nitrogens with one attached hydrogen (secondary N) is 1. The number of fused-ring (bicyclic) bond motifs is 2. The van der Waals surface area contributed by atoms with Crippen LogP contribution in [0.3, 0.4) is 0 Å². The second-order valence-corrected chi connectivity index (χ2v) is 9.37. The molecule has 0 spiro atoms. The number of methoxy groups -OCH3 is 1. The van der Waals surface area contributed by atoms with Crippen LogP contribution in [0.15, 0.2) is 70.1 Å². The summed E-state index contributed by atoms with van der Waals surface area (Å²) in [5.74, 6) is 3.59. The number of aromatic nitrogens is 5. The molecule has 0 bridgehead atoms. The first-order valence-electron chi connectivity index (χ1n) is 12.7. The third kappa shape index (κ3) is 5.08. The minimum absolute atomic E-state index is 0.145. The second kappa shape index (κ2) is 10.6. The Morgan fingerprint density at radius 3 is 2.82 bits per heavy atom. The maximum absolute atomic E-state index is 13.2. The van der Waals surface area contributed by atoms with Crippen LogP contribution in [-0.2, 0) is 19.6 Å². The van der Waals surface area contributed by atoms with E-state index in [4.69, 9.17) is 18.6 Å². The van der Waals surface area contributed by atoms with Gasteiger partial charge in [-0.25, -0.2) is 4.68 Å². The van der Waals surface area contributed by atoms with E-state index in [-0.39, 0.29) is 18.4 Å². The predicted molar refractivity (Wildman–Crippen MR) is 142 cm³/mol. The normalized spacial score (nSPS) is 13.3. The van der Waals surface area contributed by atoms with Crippen molar-refractivity contribution in [2.45, 2.75) is 39.0 Å². The van der Waals surface area contributed by atoms with Gasteiger partial charge in [-0.2, -0.15) is 0 Å². The molecule has 0 fully saturated rings. The Balaban J connectivity index is 1.38. The molecule has 1 aliphatic rings. The van der Waals surface area contributed by atoms with Gasteiger partial charge in [0.2, 0.25) is 6.79 Å². The summed E-state index contributed by atoms with van der Waals surface area (Å²) in [4.78, 5) is 18.4. The highest BCUT2D eigenvalue weighted by Crippen LogP contribution is 2.34. The zero-order valence-electron chi connectivity index (χ0n) is 21.7. The number of hydrogen-bond donors (Lipinski definition) is 1. The van der Waals surface area contributed by atoms with E-state index in [0.717, 1.165) is 33.7 Å². The molecule has 1 unspecified atom stereocenters. The average Bonchev–Trinajstić information content (AvgIpc) is 3.72. The van der Waals surface area contributed by atoms with E-state index in [9.17, 15) is 4.79 Å². The van der Waals surface area contributed by atoms with Crippen LogP contribution in [0.25, 0.3) is 10.9 Å². The van der Waals surface area contributed by atoms with Gasteiger partial charge < -0.3 is 23.6 Å². The smallest absolute Gasteiger partial charge is 0.252 e. The molecule has 5 aromatic rings. The van der Waals surface area contributed by atoms with Crippen LogP contribution in [-0.4, -0.2) is 44.0 Å². The number of ether oxygens (including phenoxy) is 3. The lowest BCUT2D eigenvalue weighted by molar-refractivity contribution is 0.160. The summed E-state index contributed by atoms with van der Waals surface area (Å²) >= 11 is 0. The number of pyridine rings is 1. The van der Waals surface area contributed by atoms with E-state index >= 15 is 0 Å². The Morgan fingerprint density at radius 2 is 2.00 bits per heavy atom. The largest absolute Gasteiger partial charge is 0.497 e. The highest BCUT2D eigenvalue weighted by Gasteiger charge is 2.27. The SMILES string of the molecule is CCC(c1nnnn1Cc1ccco1)N(Cc1ccc2c(c1)OCO2)Cc1cc2cc(OC)ccc2[nH]c1=O. The van der Waals surface area contributed by atoms with Gasteiger partial charge in [-0.15, -0.1) is 5.10 Å². The van der Waals surface area contributed by atoms with Crippen LogP contribution in [0.2, 0.25) is 0 Å². The van der Waals surface area contributed by atoms with Gasteiger partial charge in [-0.05, 0) is 70.9 Å². The molecule has 200 valence electrons. The van der Waals surface area contributed by atoms with Crippen molar-refractivity contribution in [1.29, 1.82) is 0 Å². The number of H-pyrrole nitrogens is 1. The van der Waals surface area contributed by atoms with Crippen molar-refractivity contribution in [3.63, 3.8) is 0 Å². The minimum atomic E-state index is -0.194. The van der Waals surface area contributed by atoms with Crippen molar-refractivity contribution in [2.24, 2.45) is 0 Å². The molecular formula is C28H28N6O5. The third-order valence-corrected chi connectivity index (χ3v) is 6.90. The summed E-state index contributed by atoms with van der Waals surface area (Å²) in [5, 5.41) is 13.5. The topological polar surface area (TPSA) is 121 Å². The van der Waals surface area contributed by atoms with Crippen molar-refractivity contribution in [1.82, 2.24) is 30.1 Å². The average molecular weight is 529 g/mol. The van der Waals surface area contributed by atoms with Crippen LogP contribution in [0.5, 0.6) is 17.2 Å². The summed E-state index contributed by atoms with van der Waals surface area (Å²) in [6, 6.07) is 16.9. The maximum Gasteiger partial charge on any atom is 0.252 e. The zero-order valence-corrected chi connectivity index (χ0v) is 21.7. The summed E-state index contributed by atoms with van der Waals surface area (Å²) < 4.78 is 23.8. The van der Waals surface area contributed by atoms with E-state index < -0.39 is 0 Å². The first-order chi connectivity index (χ1) is 19.1. The van der Waals surface area contributed by atoms with Gasteiger partial charge in [0, 0.05) is 29.6 Å². The Kier molecular flexibility index (Phi) is 6.72. The molecule has 6 rings (SSSR count). The molecule has 0 radical (unpaired) electrons. The van der Waals surface area contributed by atoms with Gasteiger partial charge in [-0.3, -0.25) is 9.69 Å². The number of nitrogens with zero attached hydrogens (tertiary/aromatic N) is 5. The molecule has 4 heterocycles. The van der Waals surface area contributed by atoms with Gasteiger partial charge in [-0.1, -0.05) is 13.0 Å².